The van der Waals surface area contributed by atoms with E-state index in [-0.39, 0.29) is 11.5 Å². The number of nitro benzene ring substituents is 1. The maximum Gasteiger partial charge on any atom is 0.291 e. The van der Waals surface area contributed by atoms with Crippen molar-refractivity contribution in [2.45, 2.75) is 23.8 Å². The normalized spacial score (nSPS) is 22.2. The smallest absolute Gasteiger partial charge is 0.291 e. The summed E-state index contributed by atoms with van der Waals surface area (Å²) in [4.78, 5) is 10.1. The molecule has 1 aromatic rings. The summed E-state index contributed by atoms with van der Waals surface area (Å²) in [6.07, 6.45) is 0.522. The highest BCUT2D eigenvalue weighted by Crippen LogP contribution is 2.29. The molecule has 0 bridgehead atoms. The van der Waals surface area contributed by atoms with Gasteiger partial charge in [-0.1, -0.05) is 0 Å². The van der Waals surface area contributed by atoms with Gasteiger partial charge in [-0.25, -0.2) is 13.1 Å². The molecule has 0 saturated carbocycles. The van der Waals surface area contributed by atoms with E-state index in [1.165, 1.54) is 18.2 Å². The van der Waals surface area contributed by atoms with Gasteiger partial charge in [0, 0.05) is 25.4 Å². The van der Waals surface area contributed by atoms with Crippen molar-refractivity contribution in [2.24, 2.45) is 0 Å². The van der Waals surface area contributed by atoms with E-state index in [4.69, 9.17) is 4.74 Å². The molecular formula is C12H17N3O5S. The predicted octanol–water partition coefficient (Wildman–Crippen LogP) is 1.09. The lowest BCUT2D eigenvalue weighted by Crippen LogP contribution is -2.46. The minimum Gasteiger partial charge on any atom is -0.388 e. The third kappa shape index (κ3) is 3.31. The third-order valence-corrected chi connectivity index (χ3v) is 5.02. The zero-order valence-electron chi connectivity index (χ0n) is 11.8. The van der Waals surface area contributed by atoms with Crippen molar-refractivity contribution in [1.29, 1.82) is 0 Å². The maximum atomic E-state index is 12.4. The second-order valence-electron chi connectivity index (χ2n) is 5.16. The Kier molecular flexibility index (Phi) is 4.17. The number of nitrogens with zero attached hydrogens (tertiary/aromatic N) is 1. The molecule has 9 heteroatoms. The van der Waals surface area contributed by atoms with Crippen molar-refractivity contribution in [2.75, 3.05) is 25.6 Å². The van der Waals surface area contributed by atoms with Crippen LogP contribution in [-0.4, -0.2) is 39.1 Å². The molecule has 1 saturated heterocycles. The summed E-state index contributed by atoms with van der Waals surface area (Å²) in [5.41, 5.74) is -0.734. The fraction of sp³-hybridized carbons (Fsp3) is 0.500. The van der Waals surface area contributed by atoms with E-state index >= 15 is 0 Å². The van der Waals surface area contributed by atoms with E-state index in [2.05, 4.69) is 10.0 Å². The minimum atomic E-state index is -4.00. The summed E-state index contributed by atoms with van der Waals surface area (Å²) in [6.45, 7) is 2.42. The van der Waals surface area contributed by atoms with Gasteiger partial charge in [0.25, 0.3) is 5.69 Å². The van der Waals surface area contributed by atoms with Crippen LogP contribution in [0.3, 0.4) is 0 Å². The van der Waals surface area contributed by atoms with Gasteiger partial charge in [-0.05, 0) is 25.5 Å². The standard InChI is InChI=1S/C12H17N3O5S/c1-12(5-6-20-8-12)14-21(18,19)11-4-3-9(13-2)7-10(11)15(16)17/h3-4,7,13-14H,5-6,8H2,1-2H3. The van der Waals surface area contributed by atoms with Crippen LogP contribution in [0.2, 0.25) is 0 Å². The number of ether oxygens (including phenoxy) is 1. The van der Waals surface area contributed by atoms with Crippen LogP contribution in [0, 0.1) is 10.1 Å². The number of rotatable bonds is 5. The number of hydrogen-bond acceptors (Lipinski definition) is 6. The SMILES string of the molecule is CNc1ccc(S(=O)(=O)NC2(C)CCOC2)c([N+](=O)[O-])c1. The Morgan fingerprint density at radius 2 is 2.14 bits per heavy atom. The first-order valence-electron chi connectivity index (χ1n) is 6.35. The first kappa shape index (κ1) is 15.7. The molecule has 1 aromatic carbocycles. The Morgan fingerprint density at radius 3 is 2.67 bits per heavy atom. The summed E-state index contributed by atoms with van der Waals surface area (Å²) in [6, 6.07) is 3.91. The molecule has 8 nitrogen and oxygen atoms in total. The molecule has 0 spiro atoms. The molecule has 1 aliphatic heterocycles. The quantitative estimate of drug-likeness (QED) is 0.621. The summed E-state index contributed by atoms with van der Waals surface area (Å²) < 4.78 is 32.5. The van der Waals surface area contributed by atoms with Crippen molar-refractivity contribution >= 4 is 21.4 Å². The molecule has 116 valence electrons. The van der Waals surface area contributed by atoms with Gasteiger partial charge in [0.2, 0.25) is 10.0 Å². The van der Waals surface area contributed by atoms with Crippen molar-refractivity contribution < 1.29 is 18.1 Å². The van der Waals surface area contributed by atoms with Gasteiger partial charge in [0.1, 0.15) is 0 Å². The molecule has 0 amide bonds. The van der Waals surface area contributed by atoms with Gasteiger partial charge < -0.3 is 10.1 Å². The summed E-state index contributed by atoms with van der Waals surface area (Å²) >= 11 is 0. The summed E-state index contributed by atoms with van der Waals surface area (Å²) in [5.74, 6) is 0. The fourth-order valence-electron chi connectivity index (χ4n) is 2.17. The first-order valence-corrected chi connectivity index (χ1v) is 7.84. The second-order valence-corrected chi connectivity index (χ2v) is 6.81. The minimum absolute atomic E-state index is 0.245. The van der Waals surface area contributed by atoms with Crippen LogP contribution in [0.4, 0.5) is 11.4 Å². The monoisotopic (exact) mass is 315 g/mol. The van der Waals surface area contributed by atoms with Crippen LogP contribution >= 0.6 is 0 Å². The van der Waals surface area contributed by atoms with Crippen molar-refractivity contribution in [3.8, 4) is 0 Å². The zero-order chi connectivity index (χ0) is 15.7. The van der Waals surface area contributed by atoms with Crippen LogP contribution in [0.5, 0.6) is 0 Å². The number of hydrogen-bond donors (Lipinski definition) is 2. The molecule has 1 heterocycles. The van der Waals surface area contributed by atoms with Gasteiger partial charge in [-0.3, -0.25) is 10.1 Å². The molecule has 21 heavy (non-hydrogen) atoms. The Bertz CT molecular complexity index is 653. The average Bonchev–Trinajstić information content (AvgIpc) is 2.83. The summed E-state index contributed by atoms with van der Waals surface area (Å²) in [5, 5.41) is 13.9. The molecule has 2 rings (SSSR count). The van der Waals surface area contributed by atoms with Crippen LogP contribution in [0.25, 0.3) is 0 Å². The topological polar surface area (TPSA) is 111 Å². The zero-order valence-corrected chi connectivity index (χ0v) is 12.6. The van der Waals surface area contributed by atoms with Gasteiger partial charge in [-0.15, -0.1) is 0 Å². The van der Waals surface area contributed by atoms with E-state index in [9.17, 15) is 18.5 Å². The van der Waals surface area contributed by atoms with Gasteiger partial charge >= 0.3 is 0 Å². The molecule has 0 radical (unpaired) electrons. The molecule has 2 N–H and O–H groups in total. The molecule has 0 aromatic heterocycles. The van der Waals surface area contributed by atoms with Crippen LogP contribution in [0.15, 0.2) is 23.1 Å². The Morgan fingerprint density at radius 1 is 1.43 bits per heavy atom. The predicted molar refractivity (Wildman–Crippen MR) is 76.8 cm³/mol. The van der Waals surface area contributed by atoms with E-state index < -0.39 is 26.2 Å². The lowest BCUT2D eigenvalue weighted by Gasteiger charge is -2.23. The Labute approximate surface area is 122 Å². The average molecular weight is 315 g/mol. The molecule has 1 unspecified atom stereocenters. The van der Waals surface area contributed by atoms with Crippen LogP contribution < -0.4 is 10.0 Å². The van der Waals surface area contributed by atoms with Gasteiger partial charge in [-0.2, -0.15) is 0 Å². The molecular weight excluding hydrogens is 298 g/mol. The highest BCUT2D eigenvalue weighted by atomic mass is 32.2. The number of anilines is 1. The Balaban J connectivity index is 2.42. The van der Waals surface area contributed by atoms with E-state index in [1.807, 2.05) is 0 Å². The van der Waals surface area contributed by atoms with Crippen LogP contribution in [0.1, 0.15) is 13.3 Å². The van der Waals surface area contributed by atoms with Crippen molar-refractivity contribution in [1.82, 2.24) is 4.72 Å². The molecule has 1 aliphatic rings. The van der Waals surface area contributed by atoms with Gasteiger partial charge in [0.05, 0.1) is 17.1 Å². The highest BCUT2D eigenvalue weighted by molar-refractivity contribution is 7.89. The highest BCUT2D eigenvalue weighted by Gasteiger charge is 2.37. The number of nitrogens with one attached hydrogen (secondary N) is 2. The number of benzene rings is 1. The fourth-order valence-corrected chi connectivity index (χ4v) is 3.75. The molecule has 1 atom stereocenters. The lowest BCUT2D eigenvalue weighted by atomic mass is 10.0. The maximum absolute atomic E-state index is 12.4. The summed E-state index contributed by atoms with van der Waals surface area (Å²) in [7, 11) is -2.40. The second kappa shape index (κ2) is 5.58. The third-order valence-electron chi connectivity index (χ3n) is 3.33. The lowest BCUT2D eigenvalue weighted by molar-refractivity contribution is -0.387. The Hall–Kier alpha value is -1.71. The van der Waals surface area contributed by atoms with Gasteiger partial charge in [0.15, 0.2) is 4.90 Å². The largest absolute Gasteiger partial charge is 0.388 e. The van der Waals surface area contributed by atoms with E-state index in [0.717, 1.165) is 0 Å². The van der Waals surface area contributed by atoms with Crippen molar-refractivity contribution in [3.63, 3.8) is 0 Å². The number of nitro groups is 1. The van der Waals surface area contributed by atoms with E-state index in [1.54, 1.807) is 14.0 Å². The molecule has 0 aliphatic carbocycles. The van der Waals surface area contributed by atoms with Crippen molar-refractivity contribution in [3.05, 3.63) is 28.3 Å². The molecule has 1 fully saturated rings. The van der Waals surface area contributed by atoms with Crippen LogP contribution in [-0.2, 0) is 14.8 Å². The first-order chi connectivity index (χ1) is 9.77. The van der Waals surface area contributed by atoms with E-state index in [0.29, 0.717) is 18.7 Å². The number of sulfonamides is 1.